The number of nitrogens with zero attached hydrogens (tertiary/aromatic N) is 2. The fourth-order valence-electron chi connectivity index (χ4n) is 2.39. The molecule has 0 aliphatic heterocycles. The zero-order valence-corrected chi connectivity index (χ0v) is 12.9. The minimum atomic E-state index is 0.166. The van der Waals surface area contributed by atoms with Gasteiger partial charge in [0.1, 0.15) is 6.61 Å². The van der Waals surface area contributed by atoms with Gasteiger partial charge in [-0.15, -0.1) is 0 Å². The van der Waals surface area contributed by atoms with Gasteiger partial charge in [0.05, 0.1) is 6.04 Å². The van der Waals surface area contributed by atoms with Gasteiger partial charge in [0.15, 0.2) is 5.82 Å². The average Bonchev–Trinajstić information content (AvgIpc) is 2.94. The highest BCUT2D eigenvalue weighted by molar-refractivity contribution is 7.09. The number of methoxy groups -OCH3 is 1. The molecule has 0 aliphatic carbocycles. The Balaban J connectivity index is 1.84. The maximum Gasteiger partial charge on any atom is 0.203 e. The Hall–Kier alpha value is -1.98. The number of ether oxygens (including phenoxy) is 1. The summed E-state index contributed by atoms with van der Waals surface area (Å²) in [5.74, 6) is 0.718. The van der Waals surface area contributed by atoms with Crippen molar-refractivity contribution in [3.05, 3.63) is 53.9 Å². The van der Waals surface area contributed by atoms with Gasteiger partial charge in [0, 0.05) is 18.6 Å². The van der Waals surface area contributed by atoms with Crippen LogP contribution in [0.5, 0.6) is 0 Å². The van der Waals surface area contributed by atoms with Crippen molar-refractivity contribution in [2.24, 2.45) is 0 Å². The Morgan fingerprint density at radius 1 is 1.19 bits per heavy atom. The lowest BCUT2D eigenvalue weighted by Crippen LogP contribution is -2.07. The number of anilines is 1. The van der Waals surface area contributed by atoms with Crippen molar-refractivity contribution in [2.75, 3.05) is 12.4 Å². The molecule has 4 nitrogen and oxygen atoms in total. The van der Waals surface area contributed by atoms with Gasteiger partial charge in [-0.2, -0.15) is 4.37 Å². The van der Waals surface area contributed by atoms with Crippen LogP contribution in [0.3, 0.4) is 0 Å². The summed E-state index contributed by atoms with van der Waals surface area (Å²) in [6, 6.07) is 15.0. The van der Waals surface area contributed by atoms with Crippen LogP contribution in [0, 0.1) is 0 Å². The van der Waals surface area contributed by atoms with Gasteiger partial charge in [0.2, 0.25) is 5.13 Å². The average molecular weight is 299 g/mol. The third kappa shape index (κ3) is 3.04. The molecule has 0 fully saturated rings. The van der Waals surface area contributed by atoms with Crippen molar-refractivity contribution in [3.63, 3.8) is 0 Å². The number of benzene rings is 2. The normalized spacial score (nSPS) is 12.5. The molecule has 2 aromatic carbocycles. The number of hydrogen-bond acceptors (Lipinski definition) is 5. The molecular formula is C16H17N3OS. The standard InChI is InChI=1S/C16H17N3OS/c1-11(17-16-18-15(10-20-2)19-21-16)13-9-5-7-12-6-3-4-8-14(12)13/h3-9,11H,10H2,1-2H3,(H,17,18,19). The van der Waals surface area contributed by atoms with Crippen LogP contribution in [0.25, 0.3) is 10.8 Å². The van der Waals surface area contributed by atoms with Crippen molar-refractivity contribution < 1.29 is 4.74 Å². The Morgan fingerprint density at radius 3 is 2.86 bits per heavy atom. The molecule has 3 rings (SSSR count). The highest BCUT2D eigenvalue weighted by Crippen LogP contribution is 2.27. The van der Waals surface area contributed by atoms with E-state index in [0.29, 0.717) is 6.61 Å². The molecule has 5 heteroatoms. The monoisotopic (exact) mass is 299 g/mol. The molecule has 0 saturated carbocycles. The summed E-state index contributed by atoms with van der Waals surface area (Å²) in [6.07, 6.45) is 0. The summed E-state index contributed by atoms with van der Waals surface area (Å²) in [6.45, 7) is 2.58. The molecule has 1 heterocycles. The minimum absolute atomic E-state index is 0.166. The third-order valence-electron chi connectivity index (χ3n) is 3.37. The summed E-state index contributed by atoms with van der Waals surface area (Å²) < 4.78 is 9.30. The molecule has 1 unspecified atom stereocenters. The largest absolute Gasteiger partial charge is 0.377 e. The van der Waals surface area contributed by atoms with Crippen molar-refractivity contribution in [3.8, 4) is 0 Å². The van der Waals surface area contributed by atoms with Gasteiger partial charge < -0.3 is 10.1 Å². The highest BCUT2D eigenvalue weighted by Gasteiger charge is 2.11. The van der Waals surface area contributed by atoms with Gasteiger partial charge in [-0.25, -0.2) is 4.98 Å². The van der Waals surface area contributed by atoms with Gasteiger partial charge in [0.25, 0.3) is 0 Å². The van der Waals surface area contributed by atoms with Gasteiger partial charge in [-0.3, -0.25) is 0 Å². The van der Waals surface area contributed by atoms with Crippen LogP contribution < -0.4 is 5.32 Å². The van der Waals surface area contributed by atoms with Crippen LogP contribution in [-0.4, -0.2) is 16.5 Å². The zero-order valence-electron chi connectivity index (χ0n) is 12.0. The smallest absolute Gasteiger partial charge is 0.203 e. The first-order valence-corrected chi connectivity index (χ1v) is 7.61. The Bertz CT molecular complexity index is 736. The number of nitrogens with one attached hydrogen (secondary N) is 1. The molecule has 0 bridgehead atoms. The predicted molar refractivity (Wildman–Crippen MR) is 86.6 cm³/mol. The van der Waals surface area contributed by atoms with E-state index in [0.717, 1.165) is 11.0 Å². The summed E-state index contributed by atoms with van der Waals surface area (Å²) in [5.41, 5.74) is 1.26. The predicted octanol–water partition coefficient (Wildman–Crippen LogP) is 4.01. The molecule has 0 radical (unpaired) electrons. The number of rotatable bonds is 5. The second-order valence-corrected chi connectivity index (χ2v) is 5.64. The van der Waals surface area contributed by atoms with Crippen molar-refractivity contribution in [1.82, 2.24) is 9.36 Å². The molecule has 3 aromatic rings. The van der Waals surface area contributed by atoms with E-state index in [2.05, 4.69) is 64.1 Å². The van der Waals surface area contributed by atoms with Gasteiger partial charge in [-0.1, -0.05) is 42.5 Å². The van der Waals surface area contributed by atoms with Crippen LogP contribution in [0.1, 0.15) is 24.4 Å². The molecule has 0 aliphatic rings. The second kappa shape index (κ2) is 6.20. The molecule has 21 heavy (non-hydrogen) atoms. The van der Waals surface area contributed by atoms with Gasteiger partial charge >= 0.3 is 0 Å². The molecule has 1 aromatic heterocycles. The molecule has 1 N–H and O–H groups in total. The summed E-state index contributed by atoms with van der Waals surface area (Å²) in [5, 5.41) is 6.76. The first kappa shape index (κ1) is 14.0. The van der Waals surface area contributed by atoms with Crippen molar-refractivity contribution in [1.29, 1.82) is 0 Å². The third-order valence-corrected chi connectivity index (χ3v) is 4.06. The zero-order chi connectivity index (χ0) is 14.7. The summed E-state index contributed by atoms with van der Waals surface area (Å²) in [7, 11) is 1.65. The van der Waals surface area contributed by atoms with Gasteiger partial charge in [-0.05, 0) is 23.3 Å². The van der Waals surface area contributed by atoms with E-state index in [1.54, 1.807) is 7.11 Å². The lowest BCUT2D eigenvalue weighted by molar-refractivity contribution is 0.179. The first-order chi connectivity index (χ1) is 10.3. The van der Waals surface area contributed by atoms with E-state index in [1.165, 1.54) is 27.9 Å². The molecule has 108 valence electrons. The topological polar surface area (TPSA) is 47.0 Å². The molecule has 0 amide bonds. The lowest BCUT2D eigenvalue weighted by atomic mass is 10.00. The minimum Gasteiger partial charge on any atom is -0.377 e. The van der Waals surface area contributed by atoms with Crippen LogP contribution in [-0.2, 0) is 11.3 Å². The van der Waals surface area contributed by atoms with E-state index in [4.69, 9.17) is 4.74 Å². The van der Waals surface area contributed by atoms with E-state index >= 15 is 0 Å². The highest BCUT2D eigenvalue weighted by atomic mass is 32.1. The number of aromatic nitrogens is 2. The SMILES string of the molecule is COCc1nsc(NC(C)c2cccc3ccccc23)n1. The van der Waals surface area contributed by atoms with Crippen molar-refractivity contribution in [2.45, 2.75) is 19.6 Å². The quantitative estimate of drug-likeness (QED) is 0.773. The fraction of sp³-hybridized carbons (Fsp3) is 0.250. The molecule has 0 saturated heterocycles. The van der Waals surface area contributed by atoms with Crippen LogP contribution in [0.15, 0.2) is 42.5 Å². The van der Waals surface area contributed by atoms with E-state index in [-0.39, 0.29) is 6.04 Å². The van der Waals surface area contributed by atoms with Crippen LogP contribution >= 0.6 is 11.5 Å². The van der Waals surface area contributed by atoms with Crippen molar-refractivity contribution >= 4 is 27.4 Å². The maximum absolute atomic E-state index is 5.04. The second-order valence-electron chi connectivity index (χ2n) is 4.88. The Labute approximate surface area is 128 Å². The fourth-order valence-corrected chi connectivity index (χ4v) is 3.05. The van der Waals surface area contributed by atoms with E-state index in [1.807, 2.05) is 0 Å². The summed E-state index contributed by atoms with van der Waals surface area (Å²) >= 11 is 1.37. The Morgan fingerprint density at radius 2 is 2.00 bits per heavy atom. The van der Waals surface area contributed by atoms with Crippen LogP contribution in [0.4, 0.5) is 5.13 Å². The number of fused-ring (bicyclic) bond motifs is 1. The first-order valence-electron chi connectivity index (χ1n) is 6.83. The summed E-state index contributed by atoms with van der Waals surface area (Å²) in [4.78, 5) is 4.42. The van der Waals surface area contributed by atoms with Crippen LogP contribution in [0.2, 0.25) is 0 Å². The maximum atomic E-state index is 5.04. The Kier molecular flexibility index (Phi) is 4.13. The molecular weight excluding hydrogens is 282 g/mol. The molecule has 1 atom stereocenters. The van der Waals surface area contributed by atoms with E-state index < -0.39 is 0 Å². The van der Waals surface area contributed by atoms with E-state index in [9.17, 15) is 0 Å². The number of hydrogen-bond donors (Lipinski definition) is 1. The lowest BCUT2D eigenvalue weighted by Gasteiger charge is -2.15. The molecule has 0 spiro atoms.